The number of rotatable bonds is 4. The molecule has 82 valence electrons. The van der Waals surface area contributed by atoms with Crippen molar-refractivity contribution in [2.75, 3.05) is 38.9 Å². The summed E-state index contributed by atoms with van der Waals surface area (Å²) >= 11 is 0. The minimum atomic E-state index is 0.332. The Labute approximate surface area is 89.8 Å². The van der Waals surface area contributed by atoms with Crippen LogP contribution in [0.3, 0.4) is 0 Å². The highest BCUT2D eigenvalue weighted by Gasteiger charge is 2.14. The quantitative estimate of drug-likeness (QED) is 0.802. The van der Waals surface area contributed by atoms with Gasteiger partial charge in [0.1, 0.15) is 0 Å². The largest absolute Gasteiger partial charge is 0.454 e. The van der Waals surface area contributed by atoms with Crippen LogP contribution in [-0.2, 0) is 0 Å². The van der Waals surface area contributed by atoms with Crippen LogP contribution in [0.5, 0.6) is 11.5 Å². The molecule has 0 atom stereocenters. The predicted molar refractivity (Wildman–Crippen MR) is 59.8 cm³/mol. The second kappa shape index (κ2) is 4.40. The Hall–Kier alpha value is -1.42. The Morgan fingerprint density at radius 2 is 2.13 bits per heavy atom. The highest BCUT2D eigenvalue weighted by atomic mass is 16.7. The number of anilines is 1. The Morgan fingerprint density at radius 3 is 2.93 bits per heavy atom. The standard InChI is InChI=1S/C11H16N2O2/c1-12-5-6-13(2)9-3-4-10-11(7-9)15-8-14-10/h3-4,7,12H,5-6,8H2,1-2H3. The first-order valence-electron chi connectivity index (χ1n) is 5.06. The van der Waals surface area contributed by atoms with Gasteiger partial charge in [-0.15, -0.1) is 0 Å². The van der Waals surface area contributed by atoms with Gasteiger partial charge in [0.25, 0.3) is 0 Å². The van der Waals surface area contributed by atoms with Crippen molar-refractivity contribution in [1.29, 1.82) is 0 Å². The average Bonchev–Trinajstić information content (AvgIpc) is 2.72. The van der Waals surface area contributed by atoms with Gasteiger partial charge in [0.2, 0.25) is 6.79 Å². The van der Waals surface area contributed by atoms with Crippen LogP contribution in [0, 0.1) is 0 Å². The second-order valence-electron chi connectivity index (χ2n) is 3.56. The maximum Gasteiger partial charge on any atom is 0.231 e. The summed E-state index contributed by atoms with van der Waals surface area (Å²) in [5.74, 6) is 1.67. The number of benzene rings is 1. The molecule has 2 rings (SSSR count). The Kier molecular flexibility index (Phi) is 2.97. The average molecular weight is 208 g/mol. The maximum absolute atomic E-state index is 5.33. The molecule has 1 aromatic rings. The van der Waals surface area contributed by atoms with Crippen molar-refractivity contribution in [2.24, 2.45) is 0 Å². The number of hydrogen-bond acceptors (Lipinski definition) is 4. The molecule has 1 aromatic carbocycles. The zero-order chi connectivity index (χ0) is 10.7. The van der Waals surface area contributed by atoms with Crippen LogP contribution < -0.4 is 19.7 Å². The van der Waals surface area contributed by atoms with Crippen molar-refractivity contribution < 1.29 is 9.47 Å². The van der Waals surface area contributed by atoms with E-state index < -0.39 is 0 Å². The van der Waals surface area contributed by atoms with Crippen LogP contribution in [0.2, 0.25) is 0 Å². The summed E-state index contributed by atoms with van der Waals surface area (Å²) in [7, 11) is 4.02. The minimum absolute atomic E-state index is 0.332. The molecule has 4 heteroatoms. The van der Waals surface area contributed by atoms with Crippen LogP contribution in [0.15, 0.2) is 18.2 Å². The fraction of sp³-hybridized carbons (Fsp3) is 0.455. The van der Waals surface area contributed by atoms with E-state index in [0.29, 0.717) is 6.79 Å². The zero-order valence-electron chi connectivity index (χ0n) is 9.12. The Balaban J connectivity index is 2.08. The van der Waals surface area contributed by atoms with E-state index >= 15 is 0 Å². The van der Waals surface area contributed by atoms with Gasteiger partial charge in [0.15, 0.2) is 11.5 Å². The smallest absolute Gasteiger partial charge is 0.231 e. The highest BCUT2D eigenvalue weighted by molar-refractivity contribution is 5.56. The van der Waals surface area contributed by atoms with E-state index in [9.17, 15) is 0 Å². The number of likely N-dealkylation sites (N-methyl/N-ethyl adjacent to an activating group) is 2. The van der Waals surface area contributed by atoms with E-state index in [-0.39, 0.29) is 0 Å². The molecule has 4 nitrogen and oxygen atoms in total. The molecule has 1 aliphatic heterocycles. The van der Waals surface area contributed by atoms with Gasteiger partial charge in [-0.1, -0.05) is 0 Å². The lowest BCUT2D eigenvalue weighted by atomic mass is 10.2. The number of nitrogens with zero attached hydrogens (tertiary/aromatic N) is 1. The van der Waals surface area contributed by atoms with E-state index in [4.69, 9.17) is 9.47 Å². The molecule has 0 saturated carbocycles. The first kappa shape index (κ1) is 10.1. The van der Waals surface area contributed by atoms with Gasteiger partial charge in [-0.3, -0.25) is 0 Å². The van der Waals surface area contributed by atoms with Crippen molar-refractivity contribution in [3.63, 3.8) is 0 Å². The molecule has 0 fully saturated rings. The van der Waals surface area contributed by atoms with Crippen molar-refractivity contribution in [1.82, 2.24) is 5.32 Å². The molecule has 1 aliphatic rings. The number of nitrogens with one attached hydrogen (secondary N) is 1. The minimum Gasteiger partial charge on any atom is -0.454 e. The summed E-state index contributed by atoms with van der Waals surface area (Å²) in [5, 5.41) is 3.12. The summed E-state index contributed by atoms with van der Waals surface area (Å²) in [6, 6.07) is 6.01. The first-order chi connectivity index (χ1) is 7.31. The number of hydrogen-bond donors (Lipinski definition) is 1. The molecule has 0 aliphatic carbocycles. The van der Waals surface area contributed by atoms with Crippen molar-refractivity contribution in [3.8, 4) is 11.5 Å². The van der Waals surface area contributed by atoms with E-state index in [1.807, 2.05) is 25.2 Å². The van der Waals surface area contributed by atoms with Gasteiger partial charge in [0, 0.05) is 31.9 Å². The Morgan fingerprint density at radius 1 is 1.33 bits per heavy atom. The summed E-state index contributed by atoms with van der Waals surface area (Å²) in [4.78, 5) is 2.18. The number of ether oxygens (including phenoxy) is 2. The fourth-order valence-electron chi connectivity index (χ4n) is 1.53. The molecule has 15 heavy (non-hydrogen) atoms. The summed E-state index contributed by atoms with van der Waals surface area (Å²) in [6.45, 7) is 2.26. The molecule has 0 saturated heterocycles. The van der Waals surface area contributed by atoms with Gasteiger partial charge in [0.05, 0.1) is 0 Å². The lowest BCUT2D eigenvalue weighted by Gasteiger charge is -2.19. The molecular formula is C11H16N2O2. The van der Waals surface area contributed by atoms with Crippen molar-refractivity contribution in [3.05, 3.63) is 18.2 Å². The van der Waals surface area contributed by atoms with Crippen LogP contribution in [0.4, 0.5) is 5.69 Å². The number of fused-ring (bicyclic) bond motifs is 1. The first-order valence-corrected chi connectivity index (χ1v) is 5.06. The Bertz CT molecular complexity index is 341. The van der Waals surface area contributed by atoms with Gasteiger partial charge in [-0.2, -0.15) is 0 Å². The topological polar surface area (TPSA) is 33.7 Å². The van der Waals surface area contributed by atoms with E-state index in [2.05, 4.69) is 17.3 Å². The summed E-state index contributed by atoms with van der Waals surface area (Å²) < 4.78 is 10.6. The fourth-order valence-corrected chi connectivity index (χ4v) is 1.53. The van der Waals surface area contributed by atoms with Gasteiger partial charge < -0.3 is 19.7 Å². The third-order valence-corrected chi connectivity index (χ3v) is 2.49. The lowest BCUT2D eigenvalue weighted by molar-refractivity contribution is 0.174. The molecule has 1 N–H and O–H groups in total. The van der Waals surface area contributed by atoms with Gasteiger partial charge in [-0.25, -0.2) is 0 Å². The molecule has 0 radical (unpaired) electrons. The van der Waals surface area contributed by atoms with E-state index in [1.165, 1.54) is 0 Å². The SMILES string of the molecule is CNCCN(C)c1ccc2c(c1)OCO2. The van der Waals surface area contributed by atoms with Crippen LogP contribution in [0.1, 0.15) is 0 Å². The van der Waals surface area contributed by atoms with E-state index in [1.54, 1.807) is 0 Å². The second-order valence-corrected chi connectivity index (χ2v) is 3.56. The molecule has 0 amide bonds. The molecule has 0 spiro atoms. The third-order valence-electron chi connectivity index (χ3n) is 2.49. The van der Waals surface area contributed by atoms with Gasteiger partial charge >= 0.3 is 0 Å². The predicted octanol–water partition coefficient (Wildman–Crippen LogP) is 1.07. The highest BCUT2D eigenvalue weighted by Crippen LogP contribution is 2.34. The summed E-state index contributed by atoms with van der Waals surface area (Å²) in [6.07, 6.45) is 0. The molecule has 0 bridgehead atoms. The molecule has 0 unspecified atom stereocenters. The monoisotopic (exact) mass is 208 g/mol. The zero-order valence-corrected chi connectivity index (χ0v) is 9.12. The normalized spacial score (nSPS) is 12.9. The molecule has 0 aromatic heterocycles. The third kappa shape index (κ3) is 2.15. The van der Waals surface area contributed by atoms with Crippen molar-refractivity contribution >= 4 is 5.69 Å². The molecule has 1 heterocycles. The van der Waals surface area contributed by atoms with E-state index in [0.717, 1.165) is 30.3 Å². The molecular weight excluding hydrogens is 192 g/mol. The van der Waals surface area contributed by atoms with Crippen LogP contribution in [-0.4, -0.2) is 34.0 Å². The van der Waals surface area contributed by atoms with Gasteiger partial charge in [-0.05, 0) is 19.2 Å². The van der Waals surface area contributed by atoms with Crippen LogP contribution in [0.25, 0.3) is 0 Å². The lowest BCUT2D eigenvalue weighted by Crippen LogP contribution is -2.26. The van der Waals surface area contributed by atoms with Crippen molar-refractivity contribution in [2.45, 2.75) is 0 Å². The summed E-state index contributed by atoms with van der Waals surface area (Å²) in [5.41, 5.74) is 1.15. The van der Waals surface area contributed by atoms with Crippen LogP contribution >= 0.6 is 0 Å². The maximum atomic E-state index is 5.33.